The maximum atomic E-state index is 14.8. The number of hydrogen-bond acceptors (Lipinski definition) is 24. The molecule has 2 heterocycles. The molecule has 43 nitrogen and oxygen atoms in total. The van der Waals surface area contributed by atoms with Crippen molar-refractivity contribution in [1.82, 2.24) is 74.1 Å². The Morgan fingerprint density at radius 1 is 0.543 bits per heavy atom. The van der Waals surface area contributed by atoms with Crippen LogP contribution in [0, 0.1) is 11.8 Å². The number of aromatic amines is 1. The number of para-hydroxylation sites is 2. The van der Waals surface area contributed by atoms with Gasteiger partial charge in [0.1, 0.15) is 72.6 Å². The Morgan fingerprint density at radius 2 is 1.09 bits per heavy atom. The number of carboxylic acids is 4. The number of cyclic esters (lactones) is 1. The number of nitrogens with two attached hydrogens (primary N) is 3. The number of benzene rings is 2. The number of hydrogen-bond donors (Lipinski definition) is 22. The predicted octanol–water partition coefficient (Wildman–Crippen LogP) is -5.38. The fraction of sp³-hybridized carbons (Fsp3) is 0.534. The van der Waals surface area contributed by atoms with Crippen LogP contribution in [0.15, 0.2) is 54.7 Å². The van der Waals surface area contributed by atoms with Gasteiger partial charge in [-0.05, 0) is 75.3 Å². The summed E-state index contributed by atoms with van der Waals surface area (Å²) in [5.41, 5.74) is 18.1. The van der Waals surface area contributed by atoms with Crippen molar-refractivity contribution in [3.63, 3.8) is 0 Å². The number of amides is 14. The molecule has 2 aromatic carbocycles. The third-order valence-electron chi connectivity index (χ3n) is 18.0. The second-order valence-electron chi connectivity index (χ2n) is 28.1. The number of nitrogen functional groups attached to an aromatic ring is 1. The van der Waals surface area contributed by atoms with Gasteiger partial charge in [0, 0.05) is 47.6 Å². The number of esters is 1. The van der Waals surface area contributed by atoms with Crippen LogP contribution in [0.3, 0.4) is 0 Å². The Balaban J connectivity index is 1.87. The van der Waals surface area contributed by atoms with Gasteiger partial charge in [0.15, 0.2) is 5.78 Å². The number of anilines is 1. The van der Waals surface area contributed by atoms with Crippen LogP contribution in [-0.4, -0.2) is 248 Å². The summed E-state index contributed by atoms with van der Waals surface area (Å²) < 4.78 is 5.68. The van der Waals surface area contributed by atoms with Gasteiger partial charge in [-0.2, -0.15) is 0 Å². The van der Waals surface area contributed by atoms with E-state index in [1.54, 1.807) is 30.5 Å². The molecule has 1 saturated heterocycles. The highest BCUT2D eigenvalue weighted by atomic mass is 16.5. The van der Waals surface area contributed by atoms with Gasteiger partial charge in [0.2, 0.25) is 82.7 Å². The van der Waals surface area contributed by atoms with Crippen molar-refractivity contribution in [1.29, 1.82) is 0 Å². The normalized spacial score (nSPS) is 21.2. The first-order chi connectivity index (χ1) is 54.7. The number of carbonyl (C=O) groups excluding carboxylic acids is 16. The number of Topliss-reactive ketones (excluding diaryl/α,β-unsaturated/α-hetero) is 1. The van der Waals surface area contributed by atoms with Crippen molar-refractivity contribution in [2.75, 3.05) is 32.0 Å². The molecule has 116 heavy (non-hydrogen) atoms. The Morgan fingerprint density at radius 3 is 1.69 bits per heavy atom. The zero-order valence-electron chi connectivity index (χ0n) is 64.5. The summed E-state index contributed by atoms with van der Waals surface area (Å²) in [4.78, 5) is 276. The summed E-state index contributed by atoms with van der Waals surface area (Å²) in [6.45, 7) is 3.26. The van der Waals surface area contributed by atoms with Crippen LogP contribution in [0.5, 0.6) is 0 Å². The number of H-pyrrole nitrogens is 1. The molecule has 1 aliphatic rings. The standard InChI is InChI=1S/C73H103N17O26/c1-35(2)16-9-7-6-8-10-22-54(94)82-45(25-39-31-77-43-20-14-12-17-40(39)43)67(109)85-46(27-53(76)93)68(110)87-49(30-60(103)104)69(111)90-62-38(5)116-73(115)50(26-52(92)41-18-11-13-19-42(41)75)88-72(114)61(36(3)24-57(97)98)89-70(112)51(34-91)83-56(96)32-78-64(106)47(28-58(99)100)84-63(105)37(4)80-66(108)48(29-59(101)102)86-65(107)44(21-15-23-74)81-55(95)33-79-71(62)113/h11-14,17-20,31,35-38,44-51,61-62,77,91H,6-10,15-16,21-30,32-34,74-75H2,1-5H3,(H2,76,93)(H,78,106)(H,79,113)(H,80,108)(H,81,95)(H,82,94)(H,83,96)(H,84,105)(H,85,109)(H,86,107)(H,87,110)(H,88,114)(H,89,112)(H,90,111)(H,97,98)(H,99,100)(H,101,102)(H,103,104)/t36-,37-,38+,44+,45+,46-,47+,48+,49+,50+,51-,61+,62+/m1/s1. The highest BCUT2D eigenvalue weighted by Crippen LogP contribution is 2.22. The van der Waals surface area contributed by atoms with Gasteiger partial charge < -0.3 is 122 Å². The lowest BCUT2D eigenvalue weighted by Crippen LogP contribution is -2.62. The molecule has 3 aromatic rings. The Labute approximate surface area is 663 Å². The van der Waals surface area contributed by atoms with Crippen LogP contribution in [-0.2, 0) is 102 Å². The molecule has 13 atom stereocenters. The summed E-state index contributed by atoms with van der Waals surface area (Å²) in [5.74, 6) is -29.2. The molecule has 0 aliphatic carbocycles. The number of primary amides is 1. The average Bonchev–Trinajstić information content (AvgIpc) is 1.62. The lowest BCUT2D eigenvalue weighted by Gasteiger charge is -2.30. The Kier molecular flexibility index (Phi) is 39.4. The number of aliphatic hydroxyl groups is 1. The van der Waals surface area contributed by atoms with Gasteiger partial charge in [-0.1, -0.05) is 83.2 Å². The van der Waals surface area contributed by atoms with Gasteiger partial charge in [0.25, 0.3) is 0 Å². The summed E-state index contributed by atoms with van der Waals surface area (Å²) in [7, 11) is 0. The minimum absolute atomic E-state index is 0.0222. The van der Waals surface area contributed by atoms with E-state index in [1.165, 1.54) is 24.3 Å². The second-order valence-corrected chi connectivity index (χ2v) is 28.1. The van der Waals surface area contributed by atoms with Crippen LogP contribution in [0.1, 0.15) is 147 Å². The van der Waals surface area contributed by atoms with Gasteiger partial charge in [-0.3, -0.25) is 91.1 Å². The van der Waals surface area contributed by atoms with Crippen molar-refractivity contribution in [3.05, 3.63) is 65.9 Å². The largest absolute Gasteiger partial charge is 0.481 e. The van der Waals surface area contributed by atoms with Crippen molar-refractivity contribution in [2.24, 2.45) is 23.3 Å². The van der Waals surface area contributed by atoms with Crippen molar-refractivity contribution >= 4 is 135 Å². The van der Waals surface area contributed by atoms with E-state index >= 15 is 0 Å². The number of fused-ring (bicyclic) bond motifs is 1. The van der Waals surface area contributed by atoms with E-state index in [4.69, 9.17) is 21.9 Å². The molecule has 0 bridgehead atoms. The van der Waals surface area contributed by atoms with E-state index in [-0.39, 0.29) is 37.1 Å². The highest BCUT2D eigenvalue weighted by molar-refractivity contribution is 6.05. The molecular weight excluding hydrogens is 1530 g/mol. The number of nitrogens with one attached hydrogen (secondary N) is 14. The summed E-state index contributed by atoms with van der Waals surface area (Å²) in [5, 5.41) is 78.7. The van der Waals surface area contributed by atoms with E-state index in [2.05, 4.69) is 72.0 Å². The van der Waals surface area contributed by atoms with Crippen LogP contribution in [0.2, 0.25) is 0 Å². The first-order valence-corrected chi connectivity index (χ1v) is 37.2. The maximum Gasteiger partial charge on any atom is 0.329 e. The van der Waals surface area contributed by atoms with Gasteiger partial charge in [-0.25, -0.2) is 4.79 Å². The SMILES string of the molecule is CC(C)CCCCCCCC(=O)N[C@@H](Cc1c[nH]c2ccccc12)C(=O)N[C@H](CC(N)=O)C(=O)N[C@@H](CC(=O)O)C(=O)N[C@@H]1C(=O)NCC(=O)N[C@@H](CCCN)C(=O)N[C@@H](CC(=O)O)C(=O)N[C@H](C)C(=O)N[C@@H](CC(=O)O)C(=O)NCC(=O)N[C@H](CO)C(=O)N[C@@H]([C@H](C)CC(=O)O)C(=O)N[C@@H](CC(=O)c2ccccc2N)C(=O)O[C@H]1C. The Bertz CT molecular complexity index is 4080. The minimum Gasteiger partial charge on any atom is -0.481 e. The highest BCUT2D eigenvalue weighted by Gasteiger charge is 2.41. The minimum atomic E-state index is -2.45. The predicted molar refractivity (Wildman–Crippen MR) is 405 cm³/mol. The average molecular weight is 1630 g/mol. The second kappa shape index (κ2) is 47.7. The number of carbonyl (C=O) groups is 20. The number of aromatic nitrogens is 1. The van der Waals surface area contributed by atoms with Crippen LogP contribution < -0.4 is 86.3 Å². The number of aliphatic hydroxyl groups excluding tert-OH is 1. The zero-order chi connectivity index (χ0) is 86.6. The number of unbranched alkanes of at least 4 members (excludes halogenated alkanes) is 4. The molecule has 25 N–H and O–H groups in total. The third-order valence-corrected chi connectivity index (χ3v) is 18.0. The van der Waals surface area contributed by atoms with Crippen LogP contribution in [0.25, 0.3) is 10.9 Å². The number of ether oxygens (including phenoxy) is 1. The molecule has 0 unspecified atom stereocenters. The monoisotopic (exact) mass is 1630 g/mol. The number of carboxylic acid groups (broad SMARTS) is 4. The molecule has 14 amide bonds. The third kappa shape index (κ3) is 32.8. The first-order valence-electron chi connectivity index (χ1n) is 37.2. The molecule has 4 rings (SSSR count). The number of aliphatic carboxylic acids is 4. The van der Waals surface area contributed by atoms with Crippen molar-refractivity contribution < 1.29 is 126 Å². The molecule has 1 aliphatic heterocycles. The zero-order valence-corrected chi connectivity index (χ0v) is 64.5. The topological polar surface area (TPSA) is 702 Å². The number of ketones is 1. The quantitative estimate of drug-likeness (QED) is 0.0113. The summed E-state index contributed by atoms with van der Waals surface area (Å²) in [6, 6.07) is -10.5. The molecule has 43 heteroatoms. The smallest absolute Gasteiger partial charge is 0.329 e. The molecule has 1 aromatic heterocycles. The van der Waals surface area contributed by atoms with E-state index in [0.717, 1.165) is 46.5 Å². The van der Waals surface area contributed by atoms with Crippen LogP contribution in [0.4, 0.5) is 5.69 Å². The molecule has 0 saturated carbocycles. The molecule has 0 spiro atoms. The van der Waals surface area contributed by atoms with E-state index in [1.807, 2.05) is 16.0 Å². The fourth-order valence-electron chi connectivity index (χ4n) is 11.9. The summed E-state index contributed by atoms with van der Waals surface area (Å²) >= 11 is 0. The van der Waals surface area contributed by atoms with Crippen molar-refractivity contribution in [3.8, 4) is 0 Å². The number of rotatable bonds is 35. The first kappa shape index (κ1) is 95.7. The Hall–Kier alpha value is -12.7. The maximum absolute atomic E-state index is 14.8. The van der Waals surface area contributed by atoms with Gasteiger partial charge >= 0.3 is 29.8 Å². The molecule has 0 radical (unpaired) electrons. The lowest BCUT2D eigenvalue weighted by atomic mass is 9.96. The van der Waals surface area contributed by atoms with Gasteiger partial charge in [-0.15, -0.1) is 0 Å². The van der Waals surface area contributed by atoms with E-state index in [0.29, 0.717) is 35.2 Å². The lowest BCUT2D eigenvalue weighted by molar-refractivity contribution is -0.156. The van der Waals surface area contributed by atoms with Crippen molar-refractivity contribution in [2.45, 2.75) is 210 Å². The van der Waals surface area contributed by atoms with E-state index < -0.39 is 261 Å². The molecule has 636 valence electrons. The van der Waals surface area contributed by atoms with E-state index in [9.17, 15) is 121 Å². The van der Waals surface area contributed by atoms with Crippen LogP contribution >= 0.6 is 0 Å². The summed E-state index contributed by atoms with van der Waals surface area (Å²) in [6.07, 6.45) is -3.41. The molecule has 1 fully saturated rings. The fourth-order valence-corrected chi connectivity index (χ4v) is 11.9. The molecular formula is C73H103N17O26. The van der Waals surface area contributed by atoms with Gasteiger partial charge in [0.05, 0.1) is 51.8 Å².